The van der Waals surface area contributed by atoms with Crippen molar-refractivity contribution in [2.45, 2.75) is 78.7 Å². The van der Waals surface area contributed by atoms with Gasteiger partial charge in [-0.3, -0.25) is 4.99 Å². The van der Waals surface area contributed by atoms with Crippen LogP contribution in [-0.4, -0.2) is 50.1 Å². The minimum Gasteiger partial charge on any atom is -0.497 e. The molecular weight excluding hydrogens is 538 g/mol. The molecule has 236 valence electrons. The summed E-state index contributed by atoms with van der Waals surface area (Å²) in [5, 5.41) is 16.5. The van der Waals surface area contributed by atoms with Gasteiger partial charge in [-0.15, -0.1) is 0 Å². The van der Waals surface area contributed by atoms with Crippen molar-refractivity contribution in [3.05, 3.63) is 89.5 Å². The molecule has 0 heterocycles. The van der Waals surface area contributed by atoms with Gasteiger partial charge in [-0.05, 0) is 74.2 Å². The highest BCUT2D eigenvalue weighted by molar-refractivity contribution is 6.09. The number of amidine groups is 1. The van der Waals surface area contributed by atoms with E-state index in [4.69, 9.17) is 35.5 Å². The van der Waals surface area contributed by atoms with Crippen LogP contribution in [0.4, 0.5) is 0 Å². The van der Waals surface area contributed by atoms with Gasteiger partial charge in [0.25, 0.3) is 0 Å². The molecule has 0 radical (unpaired) electrons. The lowest BCUT2D eigenvalue weighted by molar-refractivity contribution is 0.201. The first kappa shape index (κ1) is 37.2. The van der Waals surface area contributed by atoms with Crippen LogP contribution in [0.1, 0.15) is 82.9 Å². The average molecular weight is 592 g/mol. The number of benzene rings is 3. The molecule has 4 N–H and O–H groups in total. The first-order valence-electron chi connectivity index (χ1n) is 15.3. The normalized spacial score (nSPS) is 11.3. The second-order valence-corrected chi connectivity index (χ2v) is 10.1. The number of hydrogen-bond acceptors (Lipinski definition) is 6. The zero-order valence-electron chi connectivity index (χ0n) is 27.1. The van der Waals surface area contributed by atoms with E-state index >= 15 is 0 Å². The average Bonchev–Trinajstić information content (AvgIpc) is 3.04. The summed E-state index contributed by atoms with van der Waals surface area (Å²) >= 11 is 0. The van der Waals surface area contributed by atoms with Gasteiger partial charge in [0, 0.05) is 16.8 Å². The Balaban J connectivity index is 0.000000380. The molecule has 0 saturated carbocycles. The fraction of sp³-hybridized carbons (Fsp3) is 0.444. The predicted octanol–water partition coefficient (Wildman–Crippen LogP) is 7.85. The zero-order valence-corrected chi connectivity index (χ0v) is 27.1. The van der Waals surface area contributed by atoms with Crippen LogP contribution in [0.5, 0.6) is 17.2 Å². The Morgan fingerprint density at radius 2 is 1.51 bits per heavy atom. The third-order valence-electron chi connectivity index (χ3n) is 6.64. The maximum Gasteiger partial charge on any atom is 0.126 e. The largest absolute Gasteiger partial charge is 0.497 e. The van der Waals surface area contributed by atoms with Crippen LogP contribution in [0.2, 0.25) is 0 Å². The molecule has 0 aromatic heterocycles. The summed E-state index contributed by atoms with van der Waals surface area (Å²) < 4.78 is 15.5. The first-order valence-corrected chi connectivity index (χ1v) is 15.3. The van der Waals surface area contributed by atoms with E-state index in [1.54, 1.807) is 21.1 Å². The first-order chi connectivity index (χ1) is 20.8. The second kappa shape index (κ2) is 22.7. The second-order valence-electron chi connectivity index (χ2n) is 10.1. The molecule has 0 amide bonds. The van der Waals surface area contributed by atoms with Gasteiger partial charge >= 0.3 is 0 Å². The Morgan fingerprint density at radius 1 is 0.814 bits per heavy atom. The number of para-hydroxylation sites is 1. The Kier molecular flexibility index (Phi) is 19.6. The quantitative estimate of drug-likeness (QED) is 0.0947. The van der Waals surface area contributed by atoms with Crippen molar-refractivity contribution in [3.8, 4) is 17.2 Å². The van der Waals surface area contributed by atoms with Crippen molar-refractivity contribution in [1.82, 2.24) is 0 Å². The third kappa shape index (κ3) is 15.3. The van der Waals surface area contributed by atoms with Gasteiger partial charge < -0.3 is 30.5 Å². The summed E-state index contributed by atoms with van der Waals surface area (Å²) in [7, 11) is 3.29. The van der Waals surface area contributed by atoms with E-state index in [0.717, 1.165) is 54.1 Å². The highest BCUT2D eigenvalue weighted by Crippen LogP contribution is 2.20. The standard InChI is InChI=1S/C19H31N3O.C10H14O2.C7H8O/c1-5-7-8-10-15(9-6-2)22-19(21)18-13-16(23-4)11-12-17(18)14(3)20;1-2-9-4-3-5-10(8-9)12-7-6-11;1-8-7-5-3-2-4-6-7/h11-13,15,20H,5-10H2,1-4H3,(H2,21,22);3-5,8,11H,2,6-7H2,1H3;2-6H,1H3. The molecular formula is C36H53N3O4. The molecule has 1 atom stereocenters. The van der Waals surface area contributed by atoms with Gasteiger partial charge in [-0.2, -0.15) is 0 Å². The minimum absolute atomic E-state index is 0.0658. The fourth-order valence-corrected chi connectivity index (χ4v) is 4.27. The zero-order chi connectivity index (χ0) is 31.9. The number of nitrogens with zero attached hydrogens (tertiary/aromatic N) is 1. The number of nitrogens with two attached hydrogens (primary N) is 1. The van der Waals surface area contributed by atoms with E-state index in [2.05, 4.69) is 26.8 Å². The van der Waals surface area contributed by atoms with Gasteiger partial charge in [0.05, 0.1) is 26.9 Å². The highest BCUT2D eigenvalue weighted by atomic mass is 16.5. The summed E-state index contributed by atoms with van der Waals surface area (Å²) in [4.78, 5) is 4.77. The Morgan fingerprint density at radius 3 is 2.07 bits per heavy atom. The van der Waals surface area contributed by atoms with Crippen LogP contribution >= 0.6 is 0 Å². The number of unbranched alkanes of at least 4 members (excludes halogenated alkanes) is 2. The molecule has 7 nitrogen and oxygen atoms in total. The molecule has 0 aliphatic carbocycles. The maximum atomic E-state index is 8.53. The Bertz CT molecular complexity index is 1200. The molecule has 0 aliphatic rings. The van der Waals surface area contributed by atoms with Gasteiger partial charge in [0.1, 0.15) is 29.7 Å². The van der Waals surface area contributed by atoms with Gasteiger partial charge in [0.15, 0.2) is 0 Å². The smallest absolute Gasteiger partial charge is 0.126 e. The third-order valence-corrected chi connectivity index (χ3v) is 6.64. The van der Waals surface area contributed by atoms with E-state index in [1.807, 2.05) is 66.7 Å². The van der Waals surface area contributed by atoms with Gasteiger partial charge in [0.2, 0.25) is 0 Å². The lowest BCUT2D eigenvalue weighted by atomic mass is 10.0. The van der Waals surface area contributed by atoms with Gasteiger partial charge in [-0.25, -0.2) is 0 Å². The number of rotatable bonds is 15. The molecule has 3 aromatic carbocycles. The van der Waals surface area contributed by atoms with Crippen LogP contribution in [0.3, 0.4) is 0 Å². The molecule has 3 rings (SSSR count). The minimum atomic E-state index is 0.0658. The van der Waals surface area contributed by atoms with Gasteiger partial charge in [-0.1, -0.05) is 76.8 Å². The van der Waals surface area contributed by atoms with Crippen LogP contribution in [-0.2, 0) is 6.42 Å². The number of hydrogen-bond donors (Lipinski definition) is 3. The van der Waals surface area contributed by atoms with Crippen LogP contribution in [0, 0.1) is 5.41 Å². The highest BCUT2D eigenvalue weighted by Gasteiger charge is 2.13. The number of aryl methyl sites for hydroxylation is 1. The van der Waals surface area contributed by atoms with Crippen LogP contribution < -0.4 is 19.9 Å². The predicted molar refractivity (Wildman–Crippen MR) is 180 cm³/mol. The summed E-state index contributed by atoms with van der Waals surface area (Å²) in [5.74, 6) is 3.00. The molecule has 0 bridgehead atoms. The number of ether oxygens (including phenoxy) is 3. The number of aliphatic hydroxyl groups is 1. The SMILES string of the molecule is CCCCCC(CCC)N=C(N)c1cc(OC)ccc1C(C)=N.CCc1cccc(OCCO)c1.COc1ccccc1. The number of nitrogens with one attached hydrogen (secondary N) is 1. The molecule has 3 aromatic rings. The number of methoxy groups -OCH3 is 2. The summed E-state index contributed by atoms with van der Waals surface area (Å²) in [6.45, 7) is 8.69. The molecule has 0 fully saturated rings. The fourth-order valence-electron chi connectivity index (χ4n) is 4.27. The number of aliphatic imine (C=N–C) groups is 1. The summed E-state index contributed by atoms with van der Waals surface area (Å²) in [6.07, 6.45) is 7.87. The van der Waals surface area contributed by atoms with Crippen molar-refractivity contribution < 1.29 is 19.3 Å². The molecule has 43 heavy (non-hydrogen) atoms. The Hall–Kier alpha value is -3.84. The monoisotopic (exact) mass is 591 g/mol. The van der Waals surface area contributed by atoms with Crippen molar-refractivity contribution in [2.75, 3.05) is 27.4 Å². The van der Waals surface area contributed by atoms with E-state index < -0.39 is 0 Å². The van der Waals surface area contributed by atoms with Crippen LogP contribution in [0.15, 0.2) is 77.8 Å². The molecule has 7 heteroatoms. The topological polar surface area (TPSA) is 110 Å². The maximum absolute atomic E-state index is 8.53. The molecule has 1 unspecified atom stereocenters. The molecule has 0 saturated heterocycles. The van der Waals surface area contributed by atoms with E-state index in [1.165, 1.54) is 24.8 Å². The lowest BCUT2D eigenvalue weighted by Crippen LogP contribution is -2.21. The lowest BCUT2D eigenvalue weighted by Gasteiger charge is -2.15. The molecule has 0 spiro atoms. The number of aliphatic hydroxyl groups excluding tert-OH is 1. The van der Waals surface area contributed by atoms with E-state index in [9.17, 15) is 0 Å². The van der Waals surface area contributed by atoms with Crippen molar-refractivity contribution >= 4 is 11.5 Å². The summed E-state index contributed by atoms with van der Waals surface area (Å²) in [5.41, 5.74) is 9.65. The van der Waals surface area contributed by atoms with Crippen LogP contribution in [0.25, 0.3) is 0 Å². The van der Waals surface area contributed by atoms with Crippen molar-refractivity contribution in [1.29, 1.82) is 5.41 Å². The Labute approximate surface area is 259 Å². The van der Waals surface area contributed by atoms with Crippen molar-refractivity contribution in [2.24, 2.45) is 10.7 Å². The van der Waals surface area contributed by atoms with Crippen molar-refractivity contribution in [3.63, 3.8) is 0 Å². The summed E-state index contributed by atoms with van der Waals surface area (Å²) in [6, 6.07) is 23.5. The molecule has 0 aliphatic heterocycles. The van der Waals surface area contributed by atoms with E-state index in [0.29, 0.717) is 18.2 Å². The van der Waals surface area contributed by atoms with E-state index in [-0.39, 0.29) is 12.6 Å².